The van der Waals surface area contributed by atoms with E-state index in [0.29, 0.717) is 25.4 Å². The van der Waals surface area contributed by atoms with Crippen molar-refractivity contribution in [1.29, 1.82) is 0 Å². The van der Waals surface area contributed by atoms with Crippen LogP contribution in [0, 0.1) is 5.92 Å². The van der Waals surface area contributed by atoms with Crippen LogP contribution in [-0.4, -0.2) is 62.0 Å². The van der Waals surface area contributed by atoms with E-state index in [1.165, 1.54) is 31.2 Å². The number of hydrogen-bond donors (Lipinski definition) is 1. The lowest BCUT2D eigenvalue weighted by Gasteiger charge is -2.34. The summed E-state index contributed by atoms with van der Waals surface area (Å²) in [6.45, 7) is 3.57. The van der Waals surface area contributed by atoms with E-state index in [1.54, 1.807) is 4.31 Å². The molecule has 0 atom stereocenters. The van der Waals surface area contributed by atoms with E-state index in [0.717, 1.165) is 26.1 Å². The Balaban J connectivity index is 1.34. The quantitative estimate of drug-likeness (QED) is 0.681. The number of piperazine rings is 1. The normalized spacial score (nSPS) is 19.7. The highest BCUT2D eigenvalue weighted by molar-refractivity contribution is 7.89. The first-order valence-corrected chi connectivity index (χ1v) is 12.1. The van der Waals surface area contributed by atoms with E-state index in [9.17, 15) is 13.2 Å². The van der Waals surface area contributed by atoms with Gasteiger partial charge in [0.15, 0.2) is 0 Å². The number of amides is 1. The van der Waals surface area contributed by atoms with Crippen LogP contribution in [0.5, 0.6) is 0 Å². The molecule has 0 unspecified atom stereocenters. The van der Waals surface area contributed by atoms with Gasteiger partial charge in [-0.15, -0.1) is 0 Å². The Labute approximate surface area is 169 Å². The zero-order valence-corrected chi connectivity index (χ0v) is 17.5. The molecule has 1 aliphatic carbocycles. The van der Waals surface area contributed by atoms with Crippen LogP contribution in [0.1, 0.15) is 44.1 Å². The van der Waals surface area contributed by atoms with Crippen molar-refractivity contribution in [2.75, 3.05) is 38.5 Å². The van der Waals surface area contributed by atoms with E-state index in [2.05, 4.69) is 22.3 Å². The first-order chi connectivity index (χ1) is 13.5. The largest absolute Gasteiger partial charge is 0.355 e. The molecule has 1 aliphatic heterocycles. The van der Waals surface area contributed by atoms with Crippen molar-refractivity contribution >= 4 is 15.9 Å². The van der Waals surface area contributed by atoms with E-state index in [4.69, 9.17) is 0 Å². The van der Waals surface area contributed by atoms with Crippen LogP contribution >= 0.6 is 0 Å². The second-order valence-electron chi connectivity index (χ2n) is 8.02. The maximum Gasteiger partial charge on any atom is 0.220 e. The molecule has 7 heteroatoms. The molecule has 1 saturated carbocycles. The lowest BCUT2D eigenvalue weighted by atomic mass is 10.0. The molecule has 0 spiro atoms. The molecule has 1 amide bonds. The highest BCUT2D eigenvalue weighted by Crippen LogP contribution is 2.28. The summed E-state index contributed by atoms with van der Waals surface area (Å²) < 4.78 is 26.7. The molecule has 2 fully saturated rings. The van der Waals surface area contributed by atoms with Gasteiger partial charge in [0.25, 0.3) is 0 Å². The number of carbonyl (C=O) groups excluding carboxylic acids is 1. The molecule has 0 aromatic heterocycles. The Hall–Kier alpha value is -1.44. The van der Waals surface area contributed by atoms with Crippen LogP contribution in [0.25, 0.3) is 0 Å². The fraction of sp³-hybridized carbons (Fsp3) is 0.667. The van der Waals surface area contributed by atoms with Gasteiger partial charge in [0, 0.05) is 45.7 Å². The molecule has 3 rings (SSSR count). The summed E-state index contributed by atoms with van der Waals surface area (Å²) in [7, 11) is -3.31. The van der Waals surface area contributed by atoms with Gasteiger partial charge in [0.05, 0.1) is 5.75 Å². The predicted octanol–water partition coefficient (Wildman–Crippen LogP) is 2.22. The van der Waals surface area contributed by atoms with Gasteiger partial charge in [-0.2, -0.15) is 4.31 Å². The average Bonchev–Trinajstić information content (AvgIpc) is 3.21. The minimum Gasteiger partial charge on any atom is -0.355 e. The number of carbonyl (C=O) groups is 1. The second-order valence-corrected chi connectivity index (χ2v) is 10.1. The van der Waals surface area contributed by atoms with Gasteiger partial charge in [0.1, 0.15) is 0 Å². The van der Waals surface area contributed by atoms with Crippen molar-refractivity contribution in [2.24, 2.45) is 5.92 Å². The number of nitrogens with zero attached hydrogens (tertiary/aromatic N) is 2. The minimum absolute atomic E-state index is 0.0130. The van der Waals surface area contributed by atoms with Crippen LogP contribution in [0.2, 0.25) is 0 Å². The molecule has 2 aliphatic rings. The van der Waals surface area contributed by atoms with E-state index < -0.39 is 10.0 Å². The van der Waals surface area contributed by atoms with Crippen molar-refractivity contribution in [3.63, 3.8) is 0 Å². The molecule has 1 N–H and O–H groups in total. The molecule has 1 heterocycles. The lowest BCUT2D eigenvalue weighted by Crippen LogP contribution is -2.49. The third-order valence-corrected chi connectivity index (χ3v) is 7.78. The molecule has 1 aromatic carbocycles. The maximum atomic E-state index is 12.6. The summed E-state index contributed by atoms with van der Waals surface area (Å²) in [5, 5.41) is 2.79. The van der Waals surface area contributed by atoms with Gasteiger partial charge in [-0.25, -0.2) is 8.42 Å². The number of hydrogen-bond acceptors (Lipinski definition) is 4. The van der Waals surface area contributed by atoms with Crippen LogP contribution in [0.4, 0.5) is 0 Å². The summed E-state index contributed by atoms with van der Waals surface area (Å²) in [5.41, 5.74) is 1.25. The summed E-state index contributed by atoms with van der Waals surface area (Å²) in [6, 6.07) is 10.2. The molecule has 1 aromatic rings. The summed E-state index contributed by atoms with van der Waals surface area (Å²) in [5.74, 6) is 0.650. The summed E-state index contributed by atoms with van der Waals surface area (Å²) >= 11 is 0. The lowest BCUT2D eigenvalue weighted by molar-refractivity contribution is -0.121. The SMILES string of the molecule is O=C(CCC1CCCC1)NCCS(=O)(=O)N1CCN(Cc2ccccc2)CC1. The minimum atomic E-state index is -3.31. The van der Waals surface area contributed by atoms with E-state index >= 15 is 0 Å². The first kappa shape index (κ1) is 21.3. The molecule has 156 valence electrons. The van der Waals surface area contributed by atoms with Gasteiger partial charge in [-0.1, -0.05) is 56.0 Å². The smallest absolute Gasteiger partial charge is 0.220 e. The first-order valence-electron chi connectivity index (χ1n) is 10.5. The molecule has 6 nitrogen and oxygen atoms in total. The molecule has 0 bridgehead atoms. The molecular weight excluding hydrogens is 374 g/mol. The van der Waals surface area contributed by atoms with Gasteiger partial charge in [0.2, 0.25) is 15.9 Å². The van der Waals surface area contributed by atoms with Crippen LogP contribution in [0.15, 0.2) is 30.3 Å². The summed E-state index contributed by atoms with van der Waals surface area (Å²) in [6.07, 6.45) is 6.48. The number of benzene rings is 1. The van der Waals surface area contributed by atoms with Crippen molar-refractivity contribution in [3.05, 3.63) is 35.9 Å². The fourth-order valence-corrected chi connectivity index (χ4v) is 5.52. The molecular formula is C21H33N3O3S. The van der Waals surface area contributed by atoms with Crippen molar-refractivity contribution in [1.82, 2.24) is 14.5 Å². The van der Waals surface area contributed by atoms with Gasteiger partial charge in [-0.3, -0.25) is 9.69 Å². The summed E-state index contributed by atoms with van der Waals surface area (Å²) in [4.78, 5) is 14.2. The predicted molar refractivity (Wildman–Crippen MR) is 111 cm³/mol. The van der Waals surface area contributed by atoms with Crippen molar-refractivity contribution < 1.29 is 13.2 Å². The van der Waals surface area contributed by atoms with Crippen molar-refractivity contribution in [3.8, 4) is 0 Å². The molecule has 28 heavy (non-hydrogen) atoms. The zero-order valence-electron chi connectivity index (χ0n) is 16.7. The standard InChI is InChI=1S/C21H33N3O3S/c25-21(11-10-19-6-4-5-7-19)22-12-17-28(26,27)24-15-13-23(14-16-24)18-20-8-2-1-3-9-20/h1-3,8-9,19H,4-7,10-18H2,(H,22,25). The Morgan fingerprint density at radius 3 is 2.39 bits per heavy atom. The van der Waals surface area contributed by atoms with Crippen molar-refractivity contribution in [2.45, 2.75) is 45.1 Å². The Morgan fingerprint density at radius 2 is 1.71 bits per heavy atom. The van der Waals surface area contributed by atoms with E-state index in [1.807, 2.05) is 18.2 Å². The van der Waals surface area contributed by atoms with Gasteiger partial charge < -0.3 is 5.32 Å². The highest BCUT2D eigenvalue weighted by atomic mass is 32.2. The third kappa shape index (κ3) is 6.57. The molecule has 1 saturated heterocycles. The van der Waals surface area contributed by atoms with Gasteiger partial charge >= 0.3 is 0 Å². The fourth-order valence-electron chi connectivity index (χ4n) is 4.18. The van der Waals surface area contributed by atoms with Crippen LogP contribution in [0.3, 0.4) is 0 Å². The Morgan fingerprint density at radius 1 is 1.04 bits per heavy atom. The topological polar surface area (TPSA) is 69.7 Å². The average molecular weight is 408 g/mol. The van der Waals surface area contributed by atoms with E-state index in [-0.39, 0.29) is 18.2 Å². The Bertz CT molecular complexity index is 710. The highest BCUT2D eigenvalue weighted by Gasteiger charge is 2.26. The molecule has 0 radical (unpaired) electrons. The maximum absolute atomic E-state index is 12.6. The Kier molecular flexibility index (Phi) is 7.88. The number of sulfonamides is 1. The zero-order chi connectivity index (χ0) is 19.8. The van der Waals surface area contributed by atoms with Gasteiger partial charge in [-0.05, 0) is 17.9 Å². The third-order valence-electron chi connectivity index (χ3n) is 5.91. The number of rotatable bonds is 9. The monoisotopic (exact) mass is 407 g/mol. The second kappa shape index (κ2) is 10.4. The van der Waals surface area contributed by atoms with Crippen LogP contribution < -0.4 is 5.32 Å². The van der Waals surface area contributed by atoms with Crippen LogP contribution in [-0.2, 0) is 21.4 Å². The number of nitrogens with one attached hydrogen (secondary N) is 1.